The fourth-order valence-corrected chi connectivity index (χ4v) is 3.40. The summed E-state index contributed by atoms with van der Waals surface area (Å²) in [5.41, 5.74) is 1.92. The number of rotatable bonds is 6. The van der Waals surface area contributed by atoms with Gasteiger partial charge in [-0.1, -0.05) is 42.5 Å². The molecule has 0 saturated heterocycles. The van der Waals surface area contributed by atoms with Crippen LogP contribution in [0.2, 0.25) is 0 Å². The van der Waals surface area contributed by atoms with E-state index in [1.165, 1.54) is 0 Å². The number of carbonyl (C=O) groups is 1. The van der Waals surface area contributed by atoms with Crippen molar-refractivity contribution in [3.63, 3.8) is 0 Å². The Labute approximate surface area is 144 Å². The van der Waals surface area contributed by atoms with E-state index in [-0.39, 0.29) is 18.7 Å². The number of aromatic nitrogens is 1. The van der Waals surface area contributed by atoms with Crippen molar-refractivity contribution in [3.05, 3.63) is 65.2 Å². The lowest BCUT2D eigenvalue weighted by Crippen LogP contribution is -2.37. The molecule has 0 spiro atoms. The summed E-state index contributed by atoms with van der Waals surface area (Å²) < 4.78 is 1.11. The molecule has 0 bridgehead atoms. The maximum atomic E-state index is 12.2. The highest BCUT2D eigenvalue weighted by molar-refractivity contribution is 7.18. The third-order valence-corrected chi connectivity index (χ3v) is 4.70. The molecule has 0 unspecified atom stereocenters. The average Bonchev–Trinajstić information content (AvgIpc) is 3.03. The van der Waals surface area contributed by atoms with Crippen LogP contribution in [-0.4, -0.2) is 22.7 Å². The Morgan fingerprint density at radius 3 is 2.62 bits per heavy atom. The quantitative estimate of drug-likeness (QED) is 0.644. The van der Waals surface area contributed by atoms with Crippen LogP contribution in [-0.2, 0) is 6.54 Å². The molecule has 1 heterocycles. The lowest BCUT2D eigenvalue weighted by atomic mass is 10.0. The van der Waals surface area contributed by atoms with E-state index in [1.54, 1.807) is 11.3 Å². The molecule has 3 rings (SSSR count). The van der Waals surface area contributed by atoms with Gasteiger partial charge in [-0.3, -0.25) is 0 Å². The van der Waals surface area contributed by atoms with Gasteiger partial charge in [-0.05, 0) is 24.1 Å². The topological polar surface area (TPSA) is 74.2 Å². The third-order valence-electron chi connectivity index (χ3n) is 3.66. The molecule has 24 heavy (non-hydrogen) atoms. The number of nitrogens with one attached hydrogen (secondary N) is 2. The third kappa shape index (κ3) is 4.10. The summed E-state index contributed by atoms with van der Waals surface area (Å²) in [5.74, 6) is 0. The molecule has 0 aliphatic carbocycles. The zero-order valence-corrected chi connectivity index (χ0v) is 13.9. The second-order valence-corrected chi connectivity index (χ2v) is 6.49. The van der Waals surface area contributed by atoms with Gasteiger partial charge in [0, 0.05) is 6.61 Å². The Kier molecular flexibility index (Phi) is 5.40. The number of urea groups is 1. The summed E-state index contributed by atoms with van der Waals surface area (Å²) in [4.78, 5) is 16.7. The van der Waals surface area contributed by atoms with E-state index < -0.39 is 0 Å². The van der Waals surface area contributed by atoms with Crippen LogP contribution in [0.3, 0.4) is 0 Å². The minimum absolute atomic E-state index is 0.0116. The molecule has 2 amide bonds. The fraction of sp³-hybridized carbons (Fsp3) is 0.222. The molecule has 0 fully saturated rings. The van der Waals surface area contributed by atoms with Gasteiger partial charge >= 0.3 is 6.03 Å². The Bertz CT molecular complexity index is 771. The number of hydrogen-bond donors (Lipinski definition) is 3. The van der Waals surface area contributed by atoms with Gasteiger partial charge in [0.15, 0.2) is 0 Å². The molecule has 0 aliphatic heterocycles. The number of aliphatic hydroxyl groups excluding tert-OH is 1. The first kappa shape index (κ1) is 16.4. The van der Waals surface area contributed by atoms with E-state index >= 15 is 0 Å². The molecule has 5 nitrogen and oxygen atoms in total. The van der Waals surface area contributed by atoms with Crippen LogP contribution in [0.25, 0.3) is 10.2 Å². The average molecular weight is 341 g/mol. The van der Waals surface area contributed by atoms with Crippen molar-refractivity contribution in [2.75, 3.05) is 6.61 Å². The van der Waals surface area contributed by atoms with Crippen molar-refractivity contribution < 1.29 is 9.90 Å². The number of thiazole rings is 1. The minimum atomic E-state index is -0.267. The SMILES string of the molecule is O=C(NCc1nc2ccccc2s1)N[C@H](CCO)c1ccccc1. The van der Waals surface area contributed by atoms with E-state index in [0.29, 0.717) is 13.0 Å². The van der Waals surface area contributed by atoms with E-state index in [2.05, 4.69) is 15.6 Å². The van der Waals surface area contributed by atoms with Crippen LogP contribution in [0.5, 0.6) is 0 Å². The maximum absolute atomic E-state index is 12.2. The highest BCUT2D eigenvalue weighted by atomic mass is 32.1. The Balaban J connectivity index is 1.59. The largest absolute Gasteiger partial charge is 0.396 e. The molecule has 124 valence electrons. The van der Waals surface area contributed by atoms with Gasteiger partial charge < -0.3 is 15.7 Å². The molecule has 3 aromatic rings. The predicted octanol–water partition coefficient (Wildman–Crippen LogP) is 3.22. The number of para-hydroxylation sites is 1. The first-order valence-electron chi connectivity index (χ1n) is 7.81. The first-order chi connectivity index (χ1) is 11.8. The van der Waals surface area contributed by atoms with Crippen LogP contribution in [0.4, 0.5) is 4.79 Å². The second-order valence-electron chi connectivity index (χ2n) is 5.38. The van der Waals surface area contributed by atoms with Gasteiger partial charge in [0.1, 0.15) is 5.01 Å². The molecule has 2 aromatic carbocycles. The van der Waals surface area contributed by atoms with Crippen molar-refractivity contribution in [1.82, 2.24) is 15.6 Å². The molecular weight excluding hydrogens is 322 g/mol. The number of aliphatic hydroxyl groups is 1. The monoisotopic (exact) mass is 341 g/mol. The Morgan fingerprint density at radius 2 is 1.88 bits per heavy atom. The molecule has 0 aliphatic rings. The van der Waals surface area contributed by atoms with Crippen molar-refractivity contribution in [3.8, 4) is 0 Å². The van der Waals surface area contributed by atoms with Crippen LogP contribution in [0.15, 0.2) is 54.6 Å². The standard InChI is InChI=1S/C18H19N3O2S/c22-11-10-14(13-6-2-1-3-7-13)21-18(23)19-12-17-20-15-8-4-5-9-16(15)24-17/h1-9,14,22H,10-12H2,(H2,19,21,23)/t14-/m1/s1. The highest BCUT2D eigenvalue weighted by Crippen LogP contribution is 2.21. The molecule has 1 aromatic heterocycles. The van der Waals surface area contributed by atoms with Crippen molar-refractivity contribution in [1.29, 1.82) is 0 Å². The van der Waals surface area contributed by atoms with Gasteiger partial charge in [0.25, 0.3) is 0 Å². The number of carbonyl (C=O) groups excluding carboxylic acids is 1. The highest BCUT2D eigenvalue weighted by Gasteiger charge is 2.14. The second kappa shape index (κ2) is 7.90. The van der Waals surface area contributed by atoms with Crippen LogP contribution in [0, 0.1) is 0 Å². The predicted molar refractivity (Wildman–Crippen MR) is 95.9 cm³/mol. The van der Waals surface area contributed by atoms with Crippen molar-refractivity contribution >= 4 is 27.6 Å². The van der Waals surface area contributed by atoms with E-state index in [0.717, 1.165) is 20.8 Å². The molecule has 1 atom stereocenters. The number of nitrogens with zero attached hydrogens (tertiary/aromatic N) is 1. The lowest BCUT2D eigenvalue weighted by molar-refractivity contribution is 0.229. The van der Waals surface area contributed by atoms with Gasteiger partial charge in [-0.2, -0.15) is 0 Å². The van der Waals surface area contributed by atoms with E-state index in [1.807, 2.05) is 54.6 Å². The maximum Gasteiger partial charge on any atom is 0.315 e. The van der Waals surface area contributed by atoms with Crippen molar-refractivity contribution in [2.45, 2.75) is 19.0 Å². The summed E-state index contributed by atoms with van der Waals surface area (Å²) in [6.45, 7) is 0.392. The zero-order valence-electron chi connectivity index (χ0n) is 13.1. The van der Waals surface area contributed by atoms with Gasteiger partial charge in [0.05, 0.1) is 22.8 Å². The number of benzene rings is 2. The van der Waals surface area contributed by atoms with E-state index in [9.17, 15) is 9.90 Å². The summed E-state index contributed by atoms with van der Waals surface area (Å²) in [7, 11) is 0. The summed E-state index contributed by atoms with van der Waals surface area (Å²) in [6, 6.07) is 17.1. The van der Waals surface area contributed by atoms with Gasteiger partial charge in [-0.15, -0.1) is 11.3 Å². The molecular formula is C18H19N3O2S. The summed E-state index contributed by atoms with van der Waals surface area (Å²) >= 11 is 1.57. The van der Waals surface area contributed by atoms with Gasteiger partial charge in [0.2, 0.25) is 0 Å². The molecule has 0 radical (unpaired) electrons. The molecule has 0 saturated carbocycles. The van der Waals surface area contributed by atoms with E-state index in [4.69, 9.17) is 0 Å². The fourth-order valence-electron chi connectivity index (χ4n) is 2.50. The van der Waals surface area contributed by atoms with Crippen molar-refractivity contribution in [2.24, 2.45) is 0 Å². The van der Waals surface area contributed by atoms with Crippen LogP contribution in [0.1, 0.15) is 23.0 Å². The van der Waals surface area contributed by atoms with Crippen LogP contribution >= 0.6 is 11.3 Å². The summed E-state index contributed by atoms with van der Waals surface area (Å²) in [5, 5.41) is 15.8. The Hall–Kier alpha value is -2.44. The number of amides is 2. The Morgan fingerprint density at radius 1 is 1.12 bits per heavy atom. The zero-order chi connectivity index (χ0) is 16.8. The van der Waals surface area contributed by atoms with Crippen LogP contribution < -0.4 is 10.6 Å². The number of hydrogen-bond acceptors (Lipinski definition) is 4. The van der Waals surface area contributed by atoms with Gasteiger partial charge in [-0.25, -0.2) is 9.78 Å². The number of fused-ring (bicyclic) bond motifs is 1. The lowest BCUT2D eigenvalue weighted by Gasteiger charge is -2.18. The summed E-state index contributed by atoms with van der Waals surface area (Å²) in [6.07, 6.45) is 0.471. The normalized spacial score (nSPS) is 12.0. The first-order valence-corrected chi connectivity index (χ1v) is 8.62. The molecule has 6 heteroatoms. The smallest absolute Gasteiger partial charge is 0.315 e. The molecule has 3 N–H and O–H groups in total. The minimum Gasteiger partial charge on any atom is -0.396 e.